The number of hydrogen-bond donors (Lipinski definition) is 0. The van der Waals surface area contributed by atoms with E-state index in [9.17, 15) is 4.39 Å². The highest BCUT2D eigenvalue weighted by Crippen LogP contribution is 2.21. The fraction of sp³-hybridized carbons (Fsp3) is 0. The number of rotatable bonds is 2. The summed E-state index contributed by atoms with van der Waals surface area (Å²) in [5, 5.41) is 3.95. The van der Waals surface area contributed by atoms with Crippen molar-refractivity contribution in [2.45, 2.75) is 0 Å². The zero-order valence-electron chi connectivity index (χ0n) is 7.40. The zero-order chi connectivity index (χ0) is 9.97. The molecule has 14 heavy (non-hydrogen) atoms. The summed E-state index contributed by atoms with van der Waals surface area (Å²) in [5.74, 6) is -0.334. The van der Waals surface area contributed by atoms with Gasteiger partial charge in [0.25, 0.3) is 0 Å². The Morgan fingerprint density at radius 3 is 2.86 bits per heavy atom. The molecule has 70 valence electrons. The quantitative estimate of drug-likeness (QED) is 0.730. The van der Waals surface area contributed by atoms with Crippen molar-refractivity contribution in [1.82, 2.24) is 4.98 Å². The van der Waals surface area contributed by atoms with E-state index in [1.807, 2.05) is 16.8 Å². The van der Waals surface area contributed by atoms with Crippen molar-refractivity contribution in [1.29, 1.82) is 0 Å². The van der Waals surface area contributed by atoms with Crippen molar-refractivity contribution in [2.75, 3.05) is 0 Å². The van der Waals surface area contributed by atoms with Gasteiger partial charge in [-0.15, -0.1) is 0 Å². The van der Waals surface area contributed by atoms with Crippen LogP contribution in [0, 0.1) is 5.82 Å². The average molecular weight is 205 g/mol. The molecular weight excluding hydrogens is 197 g/mol. The van der Waals surface area contributed by atoms with Crippen molar-refractivity contribution in [3.8, 4) is 11.3 Å². The Balaban J connectivity index is 2.51. The smallest absolute Gasteiger partial charge is 0.148 e. The first-order valence-electron chi connectivity index (χ1n) is 4.13. The fourth-order valence-corrected chi connectivity index (χ4v) is 1.82. The van der Waals surface area contributed by atoms with Gasteiger partial charge in [0.05, 0.1) is 11.4 Å². The summed E-state index contributed by atoms with van der Waals surface area (Å²) in [4.78, 5) is 4.15. The molecule has 2 rings (SSSR count). The SMILES string of the molecule is C=Cc1nc(-c2ccsc2)ccc1F. The van der Waals surface area contributed by atoms with Crippen molar-refractivity contribution >= 4 is 17.4 Å². The minimum Gasteiger partial charge on any atom is -0.245 e. The molecule has 0 fully saturated rings. The number of halogens is 1. The first-order chi connectivity index (χ1) is 6.81. The number of nitrogens with zero attached hydrogens (tertiary/aromatic N) is 1. The summed E-state index contributed by atoms with van der Waals surface area (Å²) in [6, 6.07) is 5.04. The molecule has 0 unspecified atom stereocenters. The van der Waals surface area contributed by atoms with Crippen molar-refractivity contribution in [3.63, 3.8) is 0 Å². The number of thiophene rings is 1. The summed E-state index contributed by atoms with van der Waals surface area (Å²) in [7, 11) is 0. The zero-order valence-corrected chi connectivity index (χ0v) is 8.22. The van der Waals surface area contributed by atoms with Crippen molar-refractivity contribution in [3.05, 3.63) is 47.0 Å². The molecule has 0 aliphatic rings. The number of aromatic nitrogens is 1. The topological polar surface area (TPSA) is 12.9 Å². The minimum atomic E-state index is -0.334. The molecule has 2 aromatic rings. The molecule has 0 N–H and O–H groups in total. The van der Waals surface area contributed by atoms with Gasteiger partial charge in [-0.2, -0.15) is 11.3 Å². The molecule has 2 aromatic heterocycles. The van der Waals surface area contributed by atoms with Gasteiger partial charge in [-0.3, -0.25) is 0 Å². The number of pyridine rings is 1. The van der Waals surface area contributed by atoms with Crippen LogP contribution in [0.5, 0.6) is 0 Å². The van der Waals surface area contributed by atoms with Gasteiger partial charge >= 0.3 is 0 Å². The van der Waals surface area contributed by atoms with Gasteiger partial charge in [0.2, 0.25) is 0 Å². The Kier molecular flexibility index (Phi) is 2.41. The standard InChI is InChI=1S/C11H8FNS/c1-2-10-9(12)3-4-11(13-10)8-5-6-14-7-8/h2-7H,1H2. The maximum Gasteiger partial charge on any atom is 0.148 e. The lowest BCUT2D eigenvalue weighted by Gasteiger charge is -2.00. The van der Waals surface area contributed by atoms with Gasteiger partial charge < -0.3 is 0 Å². The van der Waals surface area contributed by atoms with Crippen LogP contribution in [-0.2, 0) is 0 Å². The van der Waals surface area contributed by atoms with E-state index in [0.29, 0.717) is 5.69 Å². The van der Waals surface area contributed by atoms with Crippen LogP contribution in [0.2, 0.25) is 0 Å². The van der Waals surface area contributed by atoms with Gasteiger partial charge in [0.1, 0.15) is 5.82 Å². The van der Waals surface area contributed by atoms with Crippen LogP contribution >= 0.6 is 11.3 Å². The molecule has 1 nitrogen and oxygen atoms in total. The second kappa shape index (κ2) is 3.72. The van der Waals surface area contributed by atoms with Crippen LogP contribution in [-0.4, -0.2) is 4.98 Å². The second-order valence-corrected chi connectivity index (χ2v) is 3.56. The Labute approximate surface area is 85.6 Å². The summed E-state index contributed by atoms with van der Waals surface area (Å²) in [5.41, 5.74) is 2.09. The summed E-state index contributed by atoms with van der Waals surface area (Å²) >= 11 is 1.59. The van der Waals surface area contributed by atoms with Gasteiger partial charge in [0.15, 0.2) is 0 Å². The predicted molar refractivity (Wildman–Crippen MR) is 57.6 cm³/mol. The van der Waals surface area contributed by atoms with Crippen LogP contribution in [0.4, 0.5) is 4.39 Å². The fourth-order valence-electron chi connectivity index (χ4n) is 1.17. The van der Waals surface area contributed by atoms with E-state index in [0.717, 1.165) is 11.3 Å². The molecule has 0 aliphatic carbocycles. The summed E-state index contributed by atoms with van der Waals surface area (Å²) < 4.78 is 13.1. The highest BCUT2D eigenvalue weighted by molar-refractivity contribution is 7.08. The van der Waals surface area contributed by atoms with E-state index in [2.05, 4.69) is 11.6 Å². The van der Waals surface area contributed by atoms with Crippen LogP contribution in [0.3, 0.4) is 0 Å². The molecule has 0 aliphatic heterocycles. The Hall–Kier alpha value is -1.48. The highest BCUT2D eigenvalue weighted by atomic mass is 32.1. The molecule has 0 aromatic carbocycles. The van der Waals surface area contributed by atoms with Crippen molar-refractivity contribution in [2.24, 2.45) is 0 Å². The minimum absolute atomic E-state index is 0.300. The lowest BCUT2D eigenvalue weighted by Crippen LogP contribution is -1.89. The molecule has 0 amide bonds. The molecule has 3 heteroatoms. The molecule has 0 radical (unpaired) electrons. The monoisotopic (exact) mass is 205 g/mol. The third kappa shape index (κ3) is 1.59. The molecule has 0 bridgehead atoms. The van der Waals surface area contributed by atoms with E-state index >= 15 is 0 Å². The van der Waals surface area contributed by atoms with Crippen LogP contribution in [0.1, 0.15) is 5.69 Å². The highest BCUT2D eigenvalue weighted by Gasteiger charge is 2.04. The predicted octanol–water partition coefficient (Wildman–Crippen LogP) is 3.59. The maximum atomic E-state index is 13.1. The van der Waals surface area contributed by atoms with Gasteiger partial charge in [-0.05, 0) is 29.7 Å². The third-order valence-electron chi connectivity index (χ3n) is 1.88. The van der Waals surface area contributed by atoms with Gasteiger partial charge in [-0.1, -0.05) is 6.58 Å². The molecule has 2 heterocycles. The van der Waals surface area contributed by atoms with E-state index in [4.69, 9.17) is 0 Å². The van der Waals surface area contributed by atoms with Crippen LogP contribution in [0.15, 0.2) is 35.5 Å². The Morgan fingerprint density at radius 2 is 2.21 bits per heavy atom. The lowest BCUT2D eigenvalue weighted by atomic mass is 10.2. The molecule has 0 saturated carbocycles. The van der Waals surface area contributed by atoms with Crippen LogP contribution in [0.25, 0.3) is 17.3 Å². The van der Waals surface area contributed by atoms with Crippen molar-refractivity contribution < 1.29 is 4.39 Å². The Bertz CT molecular complexity index is 448. The average Bonchev–Trinajstić information content (AvgIpc) is 2.71. The maximum absolute atomic E-state index is 13.1. The largest absolute Gasteiger partial charge is 0.245 e. The normalized spacial score (nSPS) is 10.1. The van der Waals surface area contributed by atoms with E-state index in [-0.39, 0.29) is 5.82 Å². The number of hydrogen-bond acceptors (Lipinski definition) is 2. The summed E-state index contributed by atoms with van der Waals surface area (Å²) in [6.07, 6.45) is 1.42. The van der Waals surface area contributed by atoms with E-state index in [1.165, 1.54) is 12.1 Å². The lowest BCUT2D eigenvalue weighted by molar-refractivity contribution is 0.618. The third-order valence-corrected chi connectivity index (χ3v) is 2.57. The van der Waals surface area contributed by atoms with Gasteiger partial charge in [-0.25, -0.2) is 9.37 Å². The Morgan fingerprint density at radius 1 is 1.36 bits per heavy atom. The first-order valence-corrected chi connectivity index (χ1v) is 5.07. The molecular formula is C11H8FNS. The molecule has 0 spiro atoms. The van der Waals surface area contributed by atoms with Gasteiger partial charge in [0, 0.05) is 10.9 Å². The first kappa shape index (κ1) is 9.09. The molecule has 0 saturated heterocycles. The second-order valence-electron chi connectivity index (χ2n) is 2.78. The molecule has 0 atom stereocenters. The van der Waals surface area contributed by atoms with E-state index < -0.39 is 0 Å². The van der Waals surface area contributed by atoms with Crippen LogP contribution < -0.4 is 0 Å². The summed E-state index contributed by atoms with van der Waals surface area (Å²) in [6.45, 7) is 3.51. The van der Waals surface area contributed by atoms with E-state index in [1.54, 1.807) is 17.4 Å².